The van der Waals surface area contributed by atoms with Crippen molar-refractivity contribution in [3.63, 3.8) is 0 Å². The highest BCUT2D eigenvalue weighted by Crippen LogP contribution is 2.38. The number of sulfonamides is 2. The van der Waals surface area contributed by atoms with Crippen molar-refractivity contribution in [2.45, 2.75) is 50.6 Å². The molecule has 0 spiro atoms. The summed E-state index contributed by atoms with van der Waals surface area (Å²) in [7, 11) is -8.38. The summed E-state index contributed by atoms with van der Waals surface area (Å²) in [5.41, 5.74) is 1.27. The smallest absolute Gasteiger partial charge is 0.247 e. The fourth-order valence-electron chi connectivity index (χ4n) is 4.22. The Morgan fingerprint density at radius 2 is 0.929 bits per heavy atom. The average Bonchev–Trinajstić information content (AvgIpc) is 2.87. The summed E-state index contributed by atoms with van der Waals surface area (Å²) < 4.78 is 56.7. The van der Waals surface area contributed by atoms with Gasteiger partial charge in [0.15, 0.2) is 11.5 Å². The molecule has 0 unspecified atom stereocenters. The number of hydrogen-bond donors (Lipinski definition) is 2. The van der Waals surface area contributed by atoms with E-state index in [1.807, 2.05) is 27.7 Å². The highest BCUT2D eigenvalue weighted by molar-refractivity contribution is 7.89. The molecule has 0 fully saturated rings. The molecule has 2 N–H and O–H groups in total. The molecule has 0 heterocycles. The maximum Gasteiger partial charge on any atom is 0.247 e. The third kappa shape index (κ3) is 8.24. The average molecular weight is 699 g/mol. The maximum atomic E-state index is 13.6. The predicted octanol–water partition coefficient (Wildman–Crippen LogP) is 7.41. The Kier molecular flexibility index (Phi) is 11.5. The lowest BCUT2D eigenvalue weighted by Crippen LogP contribution is -2.34. The second-order valence-electron chi connectivity index (χ2n) is 10.7. The molecule has 0 aliphatic carbocycles. The summed E-state index contributed by atoms with van der Waals surface area (Å²) in [5.74, 6) is -1.24. The van der Waals surface area contributed by atoms with Gasteiger partial charge in [-0.2, -0.15) is 8.61 Å². The third-order valence-corrected chi connectivity index (χ3v) is 10.8. The summed E-state index contributed by atoms with van der Waals surface area (Å²) in [5, 5.41) is 20.6. The lowest BCUT2D eigenvalue weighted by atomic mass is 10.1. The number of phenolic OH excluding ortho intramolecular Hbond substituents is 2. The van der Waals surface area contributed by atoms with E-state index >= 15 is 0 Å². The van der Waals surface area contributed by atoms with E-state index in [-0.39, 0.29) is 58.1 Å². The second kappa shape index (κ2) is 13.9. The SMILES string of the molecule is CC(C)CN(Cc1ccc(CN(CC(C)C)S(=O)(=O)c2cc(Cl)cc(Cl)c2O)cc1)S(=O)(=O)c1cc(Cl)cc(Cl)c1O. The van der Waals surface area contributed by atoms with Crippen LogP contribution in [0.1, 0.15) is 38.8 Å². The summed E-state index contributed by atoms with van der Waals surface area (Å²) in [6.07, 6.45) is 0. The maximum absolute atomic E-state index is 13.6. The number of phenols is 2. The van der Waals surface area contributed by atoms with Crippen LogP contribution in [0.5, 0.6) is 11.5 Å². The molecule has 0 radical (unpaired) electrons. The van der Waals surface area contributed by atoms with Crippen molar-refractivity contribution in [2.75, 3.05) is 13.1 Å². The van der Waals surface area contributed by atoms with Gasteiger partial charge in [-0.05, 0) is 47.2 Å². The lowest BCUT2D eigenvalue weighted by Gasteiger charge is -2.26. The number of halogens is 4. The van der Waals surface area contributed by atoms with Crippen LogP contribution in [-0.4, -0.2) is 48.7 Å². The zero-order valence-electron chi connectivity index (χ0n) is 23.4. The minimum absolute atomic E-state index is 0.0206. The molecule has 0 amide bonds. The molecule has 3 rings (SSSR count). The molecule has 230 valence electrons. The summed E-state index contributed by atoms with van der Waals surface area (Å²) in [6.45, 7) is 7.73. The number of rotatable bonds is 12. The van der Waals surface area contributed by atoms with Crippen molar-refractivity contribution < 1.29 is 27.0 Å². The van der Waals surface area contributed by atoms with E-state index in [1.165, 1.54) is 20.7 Å². The van der Waals surface area contributed by atoms with Crippen molar-refractivity contribution >= 4 is 66.5 Å². The first-order valence-corrected chi connectivity index (χ1v) is 17.3. The number of nitrogens with zero attached hydrogens (tertiary/aromatic N) is 2. The van der Waals surface area contributed by atoms with Gasteiger partial charge in [0.05, 0.1) is 10.0 Å². The fraction of sp³-hybridized carbons (Fsp3) is 0.357. The van der Waals surface area contributed by atoms with Crippen LogP contribution in [0.4, 0.5) is 0 Å². The fourth-order valence-corrected chi connectivity index (χ4v) is 8.90. The minimum Gasteiger partial charge on any atom is -0.505 e. The number of hydrogen-bond acceptors (Lipinski definition) is 6. The van der Waals surface area contributed by atoms with Gasteiger partial charge in [-0.3, -0.25) is 0 Å². The Balaban J connectivity index is 1.92. The number of aromatic hydroxyl groups is 2. The van der Waals surface area contributed by atoms with Crippen molar-refractivity contribution in [1.82, 2.24) is 8.61 Å². The standard InChI is InChI=1S/C28H32Cl4N2O6S2/c1-17(2)13-33(41(37,38)25-11-21(29)9-23(31)27(25)35)15-19-5-7-20(8-6-19)16-34(14-18(3)4)42(39,40)26-12-22(30)10-24(32)28(26)36/h5-12,17-18,35-36H,13-16H2,1-4H3. The molecule has 0 saturated carbocycles. The molecule has 3 aromatic rings. The first-order valence-electron chi connectivity index (χ1n) is 12.9. The Morgan fingerprint density at radius 3 is 1.21 bits per heavy atom. The van der Waals surface area contributed by atoms with E-state index in [9.17, 15) is 27.0 Å². The van der Waals surface area contributed by atoms with Crippen molar-refractivity contribution in [2.24, 2.45) is 11.8 Å². The van der Waals surface area contributed by atoms with Crippen molar-refractivity contribution in [1.29, 1.82) is 0 Å². The van der Waals surface area contributed by atoms with Gasteiger partial charge < -0.3 is 10.2 Å². The van der Waals surface area contributed by atoms with Gasteiger partial charge in [0.2, 0.25) is 20.0 Å². The van der Waals surface area contributed by atoms with Crippen molar-refractivity contribution in [3.8, 4) is 11.5 Å². The lowest BCUT2D eigenvalue weighted by molar-refractivity contribution is 0.356. The molecular weight excluding hydrogens is 666 g/mol. The molecule has 0 saturated heterocycles. The topological polar surface area (TPSA) is 115 Å². The van der Waals surface area contributed by atoms with Crippen molar-refractivity contribution in [3.05, 3.63) is 79.7 Å². The van der Waals surface area contributed by atoms with Gasteiger partial charge in [0.25, 0.3) is 0 Å². The third-order valence-electron chi connectivity index (χ3n) is 6.10. The van der Waals surface area contributed by atoms with E-state index in [1.54, 1.807) is 24.3 Å². The van der Waals surface area contributed by atoms with Gasteiger partial charge in [-0.25, -0.2) is 16.8 Å². The van der Waals surface area contributed by atoms with Gasteiger partial charge in [0.1, 0.15) is 9.79 Å². The van der Waals surface area contributed by atoms with Crippen LogP contribution in [0.15, 0.2) is 58.3 Å². The van der Waals surface area contributed by atoms with E-state index < -0.39 is 41.3 Å². The van der Waals surface area contributed by atoms with Crippen LogP contribution in [0.3, 0.4) is 0 Å². The Labute approximate surface area is 267 Å². The molecule has 8 nitrogen and oxygen atoms in total. The molecule has 14 heteroatoms. The molecular formula is C28H32Cl4N2O6S2. The van der Waals surface area contributed by atoms with Gasteiger partial charge in [-0.1, -0.05) is 98.4 Å². The highest BCUT2D eigenvalue weighted by atomic mass is 35.5. The van der Waals surface area contributed by atoms with Crippen LogP contribution in [0.2, 0.25) is 20.1 Å². The van der Waals surface area contributed by atoms with Crippen LogP contribution in [0.25, 0.3) is 0 Å². The second-order valence-corrected chi connectivity index (χ2v) is 16.2. The Morgan fingerprint density at radius 1 is 0.619 bits per heavy atom. The number of benzene rings is 3. The van der Waals surface area contributed by atoms with Crippen LogP contribution >= 0.6 is 46.4 Å². The first kappa shape index (κ1) is 34.7. The summed E-state index contributed by atoms with van der Waals surface area (Å²) in [4.78, 5) is -0.785. The van der Waals surface area contributed by atoms with Gasteiger partial charge in [-0.15, -0.1) is 0 Å². The van der Waals surface area contributed by atoms with E-state index in [0.717, 1.165) is 12.1 Å². The molecule has 0 atom stereocenters. The minimum atomic E-state index is -4.19. The van der Waals surface area contributed by atoms with E-state index in [2.05, 4.69) is 0 Å². The normalized spacial score (nSPS) is 12.7. The van der Waals surface area contributed by atoms with E-state index in [4.69, 9.17) is 46.4 Å². The molecule has 42 heavy (non-hydrogen) atoms. The molecule has 0 aliphatic rings. The predicted molar refractivity (Wildman–Crippen MR) is 168 cm³/mol. The van der Waals surface area contributed by atoms with Gasteiger partial charge >= 0.3 is 0 Å². The summed E-state index contributed by atoms with van der Waals surface area (Å²) >= 11 is 24.0. The Hall–Kier alpha value is -1.76. The van der Waals surface area contributed by atoms with Crippen LogP contribution < -0.4 is 0 Å². The Bertz CT molecular complexity index is 1530. The van der Waals surface area contributed by atoms with Gasteiger partial charge in [0, 0.05) is 36.2 Å². The zero-order valence-corrected chi connectivity index (χ0v) is 28.0. The molecule has 3 aromatic carbocycles. The zero-order chi connectivity index (χ0) is 31.6. The first-order chi connectivity index (χ1) is 19.4. The quantitative estimate of drug-likeness (QED) is 0.204. The summed E-state index contributed by atoms with van der Waals surface area (Å²) in [6, 6.07) is 11.6. The molecule has 0 aliphatic heterocycles. The monoisotopic (exact) mass is 696 g/mol. The van der Waals surface area contributed by atoms with E-state index in [0.29, 0.717) is 11.1 Å². The van der Waals surface area contributed by atoms with Crippen LogP contribution in [-0.2, 0) is 33.1 Å². The molecule has 0 bridgehead atoms. The highest BCUT2D eigenvalue weighted by Gasteiger charge is 2.31. The largest absolute Gasteiger partial charge is 0.505 e. The van der Waals surface area contributed by atoms with Crippen LogP contribution in [0, 0.1) is 11.8 Å². The molecule has 0 aromatic heterocycles.